The van der Waals surface area contributed by atoms with E-state index in [1.165, 1.54) is 16.7 Å². The minimum atomic E-state index is 0.294. The summed E-state index contributed by atoms with van der Waals surface area (Å²) in [4.78, 5) is 0. The van der Waals surface area contributed by atoms with Gasteiger partial charge in [0, 0.05) is 12.0 Å². The van der Waals surface area contributed by atoms with Crippen LogP contribution in [-0.2, 0) is 0 Å². The number of hydrogen-bond acceptors (Lipinski definition) is 2. The van der Waals surface area contributed by atoms with E-state index in [9.17, 15) is 0 Å². The Morgan fingerprint density at radius 2 is 1.86 bits per heavy atom. The Bertz CT molecular complexity index is 749. The van der Waals surface area contributed by atoms with Crippen LogP contribution in [0.1, 0.15) is 47.1 Å². The van der Waals surface area contributed by atoms with Crippen LogP contribution in [0.5, 0.6) is 0 Å². The summed E-state index contributed by atoms with van der Waals surface area (Å²) in [5.74, 6) is 0.294. The zero-order valence-corrected chi connectivity index (χ0v) is 13.7. The normalized spacial score (nSPS) is 20.3. The lowest BCUT2D eigenvalue weighted by Gasteiger charge is -2.32. The van der Waals surface area contributed by atoms with Gasteiger partial charge in [0.05, 0.1) is 21.7 Å². The number of benzene rings is 2. The molecule has 0 radical (unpaired) electrons. The van der Waals surface area contributed by atoms with Crippen molar-refractivity contribution >= 4 is 23.2 Å². The third-order valence-corrected chi connectivity index (χ3v) is 5.14. The van der Waals surface area contributed by atoms with E-state index >= 15 is 0 Å². The van der Waals surface area contributed by atoms with Crippen LogP contribution in [0.3, 0.4) is 0 Å². The Balaban J connectivity index is 2.09. The Hall–Kier alpha value is -1.53. The van der Waals surface area contributed by atoms with E-state index in [1.54, 1.807) is 0 Å². The van der Waals surface area contributed by atoms with E-state index in [2.05, 4.69) is 17.5 Å². The van der Waals surface area contributed by atoms with E-state index < -0.39 is 0 Å². The second-order valence-corrected chi connectivity index (χ2v) is 6.41. The first-order valence-corrected chi connectivity index (χ1v) is 8.05. The highest BCUT2D eigenvalue weighted by molar-refractivity contribution is 6.42. The van der Waals surface area contributed by atoms with E-state index in [0.29, 0.717) is 27.6 Å². The number of nitrogens with one attached hydrogen (secondary N) is 1. The molecule has 0 aliphatic heterocycles. The van der Waals surface area contributed by atoms with Gasteiger partial charge in [0.25, 0.3) is 0 Å². The average Bonchev–Trinajstić information content (AvgIpc) is 2.55. The molecule has 1 aliphatic rings. The number of hydrogen-bond donors (Lipinski definition) is 1. The maximum Gasteiger partial charge on any atom is 0.0991 e. The fraction of sp³-hybridized carbons (Fsp3) is 0.278. The maximum absolute atomic E-state index is 9.15. The maximum atomic E-state index is 9.15. The van der Waals surface area contributed by atoms with Gasteiger partial charge in [-0.05, 0) is 60.8 Å². The molecule has 0 heterocycles. The van der Waals surface area contributed by atoms with Gasteiger partial charge in [0.2, 0.25) is 0 Å². The van der Waals surface area contributed by atoms with Crippen LogP contribution < -0.4 is 5.32 Å². The molecule has 112 valence electrons. The smallest absolute Gasteiger partial charge is 0.0991 e. The van der Waals surface area contributed by atoms with Crippen LogP contribution in [0, 0.1) is 11.3 Å². The van der Waals surface area contributed by atoms with Crippen LogP contribution >= 0.6 is 23.2 Å². The molecule has 22 heavy (non-hydrogen) atoms. The number of rotatable bonds is 2. The molecule has 1 aliphatic carbocycles. The van der Waals surface area contributed by atoms with Crippen molar-refractivity contribution in [2.24, 2.45) is 0 Å². The first-order chi connectivity index (χ1) is 10.6. The third-order valence-electron chi connectivity index (χ3n) is 4.41. The number of fused-ring (bicyclic) bond motifs is 1. The van der Waals surface area contributed by atoms with Crippen molar-refractivity contribution in [3.05, 3.63) is 68.7 Å². The van der Waals surface area contributed by atoms with E-state index in [4.69, 9.17) is 28.5 Å². The molecule has 1 N–H and O–H groups in total. The van der Waals surface area contributed by atoms with E-state index in [1.807, 2.05) is 37.4 Å². The van der Waals surface area contributed by atoms with Crippen molar-refractivity contribution in [2.45, 2.75) is 24.8 Å². The van der Waals surface area contributed by atoms with Gasteiger partial charge in [0.15, 0.2) is 0 Å². The van der Waals surface area contributed by atoms with Gasteiger partial charge in [-0.25, -0.2) is 0 Å². The SMILES string of the molecule is CN[C@H]1CC[C@@H](c2ccc(Cl)c(Cl)c2)c2ccc(C#N)cc21. The largest absolute Gasteiger partial charge is 0.313 e. The highest BCUT2D eigenvalue weighted by Crippen LogP contribution is 2.42. The number of nitrogens with zero attached hydrogens (tertiary/aromatic N) is 1. The van der Waals surface area contributed by atoms with Gasteiger partial charge in [-0.15, -0.1) is 0 Å². The summed E-state index contributed by atoms with van der Waals surface area (Å²) in [5.41, 5.74) is 4.36. The lowest BCUT2D eigenvalue weighted by molar-refractivity contribution is 0.470. The van der Waals surface area contributed by atoms with Crippen molar-refractivity contribution < 1.29 is 0 Å². The Kier molecular flexibility index (Phi) is 4.40. The number of nitriles is 1. The zero-order chi connectivity index (χ0) is 15.7. The molecule has 0 fully saturated rings. The van der Waals surface area contributed by atoms with Crippen LogP contribution in [0.4, 0.5) is 0 Å². The van der Waals surface area contributed by atoms with E-state index in [-0.39, 0.29) is 0 Å². The Labute approximate surface area is 140 Å². The fourth-order valence-electron chi connectivity index (χ4n) is 3.28. The lowest BCUT2D eigenvalue weighted by Crippen LogP contribution is -2.24. The molecule has 4 heteroatoms. The molecular weight excluding hydrogens is 315 g/mol. The second-order valence-electron chi connectivity index (χ2n) is 5.60. The quantitative estimate of drug-likeness (QED) is 0.836. The fourth-order valence-corrected chi connectivity index (χ4v) is 3.59. The minimum absolute atomic E-state index is 0.294. The summed E-state index contributed by atoms with van der Waals surface area (Å²) in [6.45, 7) is 0. The topological polar surface area (TPSA) is 35.8 Å². The summed E-state index contributed by atoms with van der Waals surface area (Å²) in [6.07, 6.45) is 2.08. The van der Waals surface area contributed by atoms with Crippen LogP contribution in [0.2, 0.25) is 10.0 Å². The summed E-state index contributed by atoms with van der Waals surface area (Å²) >= 11 is 12.2. The van der Waals surface area contributed by atoms with Gasteiger partial charge in [-0.1, -0.05) is 35.3 Å². The van der Waals surface area contributed by atoms with Crippen LogP contribution in [-0.4, -0.2) is 7.05 Å². The minimum Gasteiger partial charge on any atom is -0.313 e. The van der Waals surface area contributed by atoms with Crippen molar-refractivity contribution in [3.8, 4) is 6.07 Å². The molecule has 2 atom stereocenters. The standard InChI is InChI=1S/C18H16Cl2N2/c1-22-18-7-5-13(12-3-6-16(19)17(20)9-12)14-4-2-11(10-21)8-15(14)18/h2-4,6,8-9,13,18,22H,5,7H2,1H3/t13-,18-/m0/s1. The lowest BCUT2D eigenvalue weighted by atomic mass is 9.76. The monoisotopic (exact) mass is 330 g/mol. The summed E-state index contributed by atoms with van der Waals surface area (Å²) < 4.78 is 0. The van der Waals surface area contributed by atoms with Crippen LogP contribution in [0.15, 0.2) is 36.4 Å². The average molecular weight is 331 g/mol. The molecule has 2 nitrogen and oxygen atoms in total. The first-order valence-electron chi connectivity index (χ1n) is 7.30. The molecule has 2 aromatic rings. The van der Waals surface area contributed by atoms with Gasteiger partial charge in [0.1, 0.15) is 0 Å². The molecular formula is C18H16Cl2N2. The van der Waals surface area contributed by atoms with Gasteiger partial charge >= 0.3 is 0 Å². The Morgan fingerprint density at radius 1 is 1.05 bits per heavy atom. The Morgan fingerprint density at radius 3 is 2.55 bits per heavy atom. The number of halogens is 2. The van der Waals surface area contributed by atoms with Crippen molar-refractivity contribution in [1.29, 1.82) is 5.26 Å². The van der Waals surface area contributed by atoms with Crippen molar-refractivity contribution in [1.82, 2.24) is 5.32 Å². The van der Waals surface area contributed by atoms with Gasteiger partial charge < -0.3 is 5.32 Å². The van der Waals surface area contributed by atoms with Gasteiger partial charge in [-0.3, -0.25) is 0 Å². The third kappa shape index (κ3) is 2.73. The predicted molar refractivity (Wildman–Crippen MR) is 90.5 cm³/mol. The molecule has 0 aromatic heterocycles. The predicted octanol–water partition coefficient (Wildman–Crippen LogP) is 5.05. The first kappa shape index (κ1) is 15.4. The molecule has 0 saturated heterocycles. The van der Waals surface area contributed by atoms with Crippen molar-refractivity contribution in [2.75, 3.05) is 7.05 Å². The molecule has 0 saturated carbocycles. The molecule has 0 spiro atoms. The summed E-state index contributed by atoms with van der Waals surface area (Å²) in [6, 6.07) is 14.3. The molecule has 0 amide bonds. The molecule has 2 aromatic carbocycles. The second kappa shape index (κ2) is 6.30. The molecule has 0 unspecified atom stereocenters. The van der Waals surface area contributed by atoms with Crippen molar-refractivity contribution in [3.63, 3.8) is 0 Å². The van der Waals surface area contributed by atoms with Crippen LogP contribution in [0.25, 0.3) is 0 Å². The summed E-state index contributed by atoms with van der Waals surface area (Å²) in [7, 11) is 1.97. The highest BCUT2D eigenvalue weighted by Gasteiger charge is 2.28. The van der Waals surface area contributed by atoms with Gasteiger partial charge in [-0.2, -0.15) is 5.26 Å². The highest BCUT2D eigenvalue weighted by atomic mass is 35.5. The zero-order valence-electron chi connectivity index (χ0n) is 12.2. The molecule has 3 rings (SSSR count). The summed E-state index contributed by atoms with van der Waals surface area (Å²) in [5, 5.41) is 13.7. The van der Waals surface area contributed by atoms with E-state index in [0.717, 1.165) is 12.8 Å². The molecule has 0 bridgehead atoms.